The third-order valence-electron chi connectivity index (χ3n) is 1.41. The van der Waals surface area contributed by atoms with E-state index in [0.717, 1.165) is 13.0 Å². The highest BCUT2D eigenvalue weighted by atomic mass is 16.8. The van der Waals surface area contributed by atoms with E-state index in [9.17, 15) is 0 Å². The van der Waals surface area contributed by atoms with Gasteiger partial charge in [-0.15, -0.1) is 0 Å². The molecule has 0 aromatic carbocycles. The highest BCUT2D eigenvalue weighted by molar-refractivity contribution is 5.88. The summed E-state index contributed by atoms with van der Waals surface area (Å²) in [5.41, 5.74) is 0. The fourth-order valence-electron chi connectivity index (χ4n) is 0.733. The maximum atomic E-state index is 6.90. The van der Waals surface area contributed by atoms with Crippen LogP contribution in [0, 0.1) is 5.41 Å². The lowest BCUT2D eigenvalue weighted by Gasteiger charge is -1.95. The summed E-state index contributed by atoms with van der Waals surface area (Å²) in [4.78, 5) is 0. The van der Waals surface area contributed by atoms with Gasteiger partial charge in [-0.1, -0.05) is 19.8 Å². The van der Waals surface area contributed by atoms with Crippen molar-refractivity contribution >= 4 is 5.90 Å². The molecule has 0 saturated carbocycles. The molecular weight excluding hydrogens is 130 g/mol. The highest BCUT2D eigenvalue weighted by Gasteiger charge is 2.33. The molecule has 1 aliphatic heterocycles. The van der Waals surface area contributed by atoms with E-state index in [0.29, 0.717) is 0 Å². The molecule has 58 valence electrons. The molecule has 0 amide bonds. The average Bonchev–Trinajstić information content (AvgIpc) is 2.60. The van der Waals surface area contributed by atoms with Gasteiger partial charge in [-0.05, 0) is 6.42 Å². The Morgan fingerprint density at radius 2 is 2.30 bits per heavy atom. The summed E-state index contributed by atoms with van der Waals surface area (Å²) < 4.78 is 9.78. The minimum Gasteiger partial charge on any atom is -0.437 e. The zero-order valence-electron chi connectivity index (χ0n) is 6.22. The van der Waals surface area contributed by atoms with Crippen molar-refractivity contribution in [3.05, 3.63) is 0 Å². The molecule has 10 heavy (non-hydrogen) atoms. The Balaban J connectivity index is 1.82. The van der Waals surface area contributed by atoms with Crippen LogP contribution in [-0.4, -0.2) is 18.8 Å². The molecule has 1 fully saturated rings. The third-order valence-corrected chi connectivity index (χ3v) is 1.41. The Kier molecular flexibility index (Phi) is 2.68. The minimum atomic E-state index is -0.295. The van der Waals surface area contributed by atoms with Gasteiger partial charge in [0.1, 0.15) is 0 Å². The Morgan fingerprint density at radius 1 is 1.60 bits per heavy atom. The van der Waals surface area contributed by atoms with Crippen LogP contribution in [0.4, 0.5) is 0 Å². The molecule has 3 nitrogen and oxygen atoms in total. The third kappa shape index (κ3) is 2.35. The van der Waals surface area contributed by atoms with Crippen LogP contribution in [-0.2, 0) is 9.47 Å². The van der Waals surface area contributed by atoms with Gasteiger partial charge in [-0.25, -0.2) is 0 Å². The molecule has 0 aromatic rings. The molecule has 1 N–H and O–H groups in total. The van der Waals surface area contributed by atoms with Crippen LogP contribution in [0.5, 0.6) is 0 Å². The van der Waals surface area contributed by atoms with Gasteiger partial charge in [-0.3, -0.25) is 5.41 Å². The van der Waals surface area contributed by atoms with Crippen LogP contribution >= 0.6 is 0 Å². The van der Waals surface area contributed by atoms with E-state index in [1.807, 2.05) is 0 Å². The van der Waals surface area contributed by atoms with Crippen LogP contribution < -0.4 is 0 Å². The lowest BCUT2D eigenvalue weighted by atomic mass is 10.3. The normalized spacial score (nSPS) is 22.5. The van der Waals surface area contributed by atoms with E-state index in [1.165, 1.54) is 12.8 Å². The van der Waals surface area contributed by atoms with Crippen molar-refractivity contribution in [1.29, 1.82) is 5.41 Å². The van der Waals surface area contributed by atoms with Crippen molar-refractivity contribution < 1.29 is 9.47 Å². The Labute approximate surface area is 60.8 Å². The molecule has 0 aliphatic carbocycles. The topological polar surface area (TPSA) is 45.6 Å². The highest BCUT2D eigenvalue weighted by Crippen LogP contribution is 2.14. The summed E-state index contributed by atoms with van der Waals surface area (Å²) >= 11 is 0. The van der Waals surface area contributed by atoms with Crippen molar-refractivity contribution in [2.45, 2.75) is 32.5 Å². The van der Waals surface area contributed by atoms with Gasteiger partial charge in [-0.2, -0.15) is 0 Å². The molecule has 1 saturated heterocycles. The summed E-state index contributed by atoms with van der Waals surface area (Å²) in [6.45, 7) is 2.87. The summed E-state index contributed by atoms with van der Waals surface area (Å²) in [5, 5.41) is 6.90. The second-order valence-corrected chi connectivity index (χ2v) is 2.39. The molecule has 0 bridgehead atoms. The first kappa shape index (κ1) is 7.54. The number of hydrogen-bond acceptors (Lipinski definition) is 3. The fourth-order valence-corrected chi connectivity index (χ4v) is 0.733. The fraction of sp³-hybridized carbons (Fsp3) is 0.857. The SMILES string of the molecule is CCCCCOC1OC1=N. The number of hydrogen-bond donors (Lipinski definition) is 1. The van der Waals surface area contributed by atoms with Gasteiger partial charge >= 0.3 is 0 Å². The van der Waals surface area contributed by atoms with Crippen LogP contribution in [0.2, 0.25) is 0 Å². The minimum absolute atomic E-state index is 0.275. The van der Waals surface area contributed by atoms with E-state index < -0.39 is 0 Å². The summed E-state index contributed by atoms with van der Waals surface area (Å²) in [5.74, 6) is 0.275. The standard InChI is InChI=1S/C7H13NO2/c1-2-3-4-5-9-7-6(8)10-7/h7-8H,2-5H2,1H3. The van der Waals surface area contributed by atoms with Crippen molar-refractivity contribution in [2.24, 2.45) is 0 Å². The molecule has 0 aromatic heterocycles. The Hall–Kier alpha value is -0.570. The van der Waals surface area contributed by atoms with Gasteiger partial charge in [0.2, 0.25) is 0 Å². The van der Waals surface area contributed by atoms with E-state index in [4.69, 9.17) is 10.1 Å². The van der Waals surface area contributed by atoms with Gasteiger partial charge in [0, 0.05) is 0 Å². The van der Waals surface area contributed by atoms with Crippen LogP contribution in [0.3, 0.4) is 0 Å². The first-order valence-electron chi connectivity index (χ1n) is 3.71. The van der Waals surface area contributed by atoms with Crippen molar-refractivity contribution in [2.75, 3.05) is 6.61 Å². The number of nitrogens with one attached hydrogen (secondary N) is 1. The first-order chi connectivity index (χ1) is 4.84. The molecule has 1 rings (SSSR count). The van der Waals surface area contributed by atoms with Crippen molar-refractivity contribution in [3.63, 3.8) is 0 Å². The van der Waals surface area contributed by atoms with Gasteiger partial charge in [0.25, 0.3) is 12.2 Å². The molecule has 1 aliphatic rings. The molecule has 1 unspecified atom stereocenters. The van der Waals surface area contributed by atoms with E-state index in [-0.39, 0.29) is 12.2 Å². The molecule has 0 spiro atoms. The van der Waals surface area contributed by atoms with Crippen molar-refractivity contribution in [3.8, 4) is 0 Å². The summed E-state index contributed by atoms with van der Waals surface area (Å²) in [6, 6.07) is 0. The average molecular weight is 143 g/mol. The maximum Gasteiger partial charge on any atom is 0.278 e. The molecular formula is C7H13NO2. The van der Waals surface area contributed by atoms with Gasteiger partial charge < -0.3 is 9.47 Å². The number of ether oxygens (including phenoxy) is 2. The number of rotatable bonds is 5. The monoisotopic (exact) mass is 143 g/mol. The van der Waals surface area contributed by atoms with Crippen LogP contribution in [0.15, 0.2) is 0 Å². The van der Waals surface area contributed by atoms with Crippen LogP contribution in [0.25, 0.3) is 0 Å². The predicted molar refractivity (Wildman–Crippen MR) is 38.1 cm³/mol. The molecule has 3 heteroatoms. The second kappa shape index (κ2) is 3.56. The maximum absolute atomic E-state index is 6.90. The Morgan fingerprint density at radius 3 is 2.80 bits per heavy atom. The van der Waals surface area contributed by atoms with E-state index >= 15 is 0 Å². The molecule has 1 heterocycles. The van der Waals surface area contributed by atoms with E-state index in [2.05, 4.69) is 11.7 Å². The lowest BCUT2D eigenvalue weighted by molar-refractivity contribution is 0.0481. The smallest absolute Gasteiger partial charge is 0.278 e. The van der Waals surface area contributed by atoms with E-state index in [1.54, 1.807) is 0 Å². The van der Waals surface area contributed by atoms with Gasteiger partial charge in [0.15, 0.2) is 0 Å². The lowest BCUT2D eigenvalue weighted by Crippen LogP contribution is -1.98. The molecule has 1 atom stereocenters. The summed E-state index contributed by atoms with van der Waals surface area (Å²) in [7, 11) is 0. The summed E-state index contributed by atoms with van der Waals surface area (Å²) in [6.07, 6.45) is 3.17. The van der Waals surface area contributed by atoms with Gasteiger partial charge in [0.05, 0.1) is 6.61 Å². The second-order valence-electron chi connectivity index (χ2n) is 2.39. The quantitative estimate of drug-likeness (QED) is 0.468. The predicted octanol–water partition coefficient (Wildman–Crippen LogP) is 1.53. The number of epoxide rings is 1. The largest absolute Gasteiger partial charge is 0.437 e. The first-order valence-corrected chi connectivity index (χ1v) is 3.71. The van der Waals surface area contributed by atoms with Crippen LogP contribution in [0.1, 0.15) is 26.2 Å². The van der Waals surface area contributed by atoms with Crippen molar-refractivity contribution in [1.82, 2.24) is 0 Å². The number of unbranched alkanes of at least 4 members (excludes halogenated alkanes) is 2. The molecule has 0 radical (unpaired) electrons. The zero-order valence-corrected chi connectivity index (χ0v) is 6.22. The zero-order chi connectivity index (χ0) is 7.40. The Bertz CT molecular complexity index is 125.